The highest BCUT2D eigenvalue weighted by atomic mass is 16.5. The second-order valence-corrected chi connectivity index (χ2v) is 6.96. The van der Waals surface area contributed by atoms with E-state index in [2.05, 4.69) is 44.9 Å². The molecule has 2 aromatic heterocycles. The minimum atomic E-state index is -0.114. The highest BCUT2D eigenvalue weighted by molar-refractivity contribution is 5.98. The summed E-state index contributed by atoms with van der Waals surface area (Å²) >= 11 is 0. The Bertz CT molecular complexity index is 1130. The monoisotopic (exact) mass is 389 g/mol. The van der Waals surface area contributed by atoms with Crippen LogP contribution in [-0.4, -0.2) is 46.1 Å². The number of aryl methyl sites for hydroxylation is 1. The molecule has 0 spiro atoms. The third-order valence-electron chi connectivity index (χ3n) is 4.86. The van der Waals surface area contributed by atoms with Crippen LogP contribution < -0.4 is 5.32 Å². The minimum absolute atomic E-state index is 0.114. The standard InChI is InChI=1S/C22H23N5O2/c1-27-14-18(13-24-27)16-5-3-15(4-6-16)11-21-19-12-17(7-8-20(19)25-26-21)22(28)23-9-10-29-2/h3-8,12-14H,9-11H2,1-2H3,(H,23,28)(H,25,26). The number of H-pyrrole nitrogens is 1. The first-order valence-electron chi connectivity index (χ1n) is 9.46. The number of ether oxygens (including phenoxy) is 1. The highest BCUT2D eigenvalue weighted by Crippen LogP contribution is 2.23. The molecular formula is C22H23N5O2. The van der Waals surface area contributed by atoms with E-state index in [0.717, 1.165) is 33.3 Å². The van der Waals surface area contributed by atoms with Gasteiger partial charge in [0.05, 0.1) is 18.3 Å². The zero-order valence-corrected chi connectivity index (χ0v) is 16.5. The van der Waals surface area contributed by atoms with E-state index in [-0.39, 0.29) is 5.91 Å². The minimum Gasteiger partial charge on any atom is -0.383 e. The molecule has 4 aromatic rings. The van der Waals surface area contributed by atoms with Crippen molar-refractivity contribution >= 4 is 16.8 Å². The molecule has 0 aliphatic carbocycles. The molecular weight excluding hydrogens is 366 g/mol. The van der Waals surface area contributed by atoms with Gasteiger partial charge < -0.3 is 10.1 Å². The summed E-state index contributed by atoms with van der Waals surface area (Å²) in [5.41, 5.74) is 5.84. The molecule has 0 unspecified atom stereocenters. The fourth-order valence-corrected chi connectivity index (χ4v) is 3.30. The summed E-state index contributed by atoms with van der Waals surface area (Å²) < 4.78 is 6.77. The largest absolute Gasteiger partial charge is 0.383 e. The topological polar surface area (TPSA) is 84.8 Å². The second kappa shape index (κ2) is 8.28. The maximum atomic E-state index is 12.3. The van der Waals surface area contributed by atoms with Gasteiger partial charge in [-0.3, -0.25) is 14.6 Å². The Hall–Kier alpha value is -3.45. The number of aromatic nitrogens is 4. The van der Waals surface area contributed by atoms with Crippen LogP contribution in [-0.2, 0) is 18.2 Å². The van der Waals surface area contributed by atoms with E-state index < -0.39 is 0 Å². The van der Waals surface area contributed by atoms with E-state index in [4.69, 9.17) is 4.74 Å². The van der Waals surface area contributed by atoms with Crippen LogP contribution in [0.1, 0.15) is 21.6 Å². The van der Waals surface area contributed by atoms with E-state index in [1.54, 1.807) is 17.9 Å². The second-order valence-electron chi connectivity index (χ2n) is 6.96. The number of hydrogen-bond acceptors (Lipinski definition) is 4. The number of amides is 1. The van der Waals surface area contributed by atoms with Crippen molar-refractivity contribution < 1.29 is 9.53 Å². The fraction of sp³-hybridized carbons (Fsp3) is 0.227. The summed E-state index contributed by atoms with van der Waals surface area (Å²) in [5, 5.41) is 15.5. The molecule has 0 saturated carbocycles. The van der Waals surface area contributed by atoms with Crippen molar-refractivity contribution in [1.29, 1.82) is 0 Å². The first-order valence-corrected chi connectivity index (χ1v) is 9.46. The van der Waals surface area contributed by atoms with Gasteiger partial charge in [0.2, 0.25) is 0 Å². The van der Waals surface area contributed by atoms with Crippen molar-refractivity contribution in [1.82, 2.24) is 25.3 Å². The summed E-state index contributed by atoms with van der Waals surface area (Å²) in [6, 6.07) is 14.0. The predicted octanol–water partition coefficient (Wildman–Crippen LogP) is 2.93. The van der Waals surface area contributed by atoms with Gasteiger partial charge in [-0.1, -0.05) is 24.3 Å². The van der Waals surface area contributed by atoms with E-state index in [9.17, 15) is 4.79 Å². The van der Waals surface area contributed by atoms with Gasteiger partial charge in [-0.05, 0) is 29.3 Å². The molecule has 0 saturated heterocycles. The SMILES string of the molecule is COCCNC(=O)c1ccc2n[nH]c(Cc3ccc(-c4cnn(C)c4)cc3)c2c1. The van der Waals surface area contributed by atoms with Crippen LogP contribution in [0.5, 0.6) is 0 Å². The first kappa shape index (κ1) is 18.9. The molecule has 0 atom stereocenters. The molecule has 7 nitrogen and oxygen atoms in total. The smallest absolute Gasteiger partial charge is 0.251 e. The first-order chi connectivity index (χ1) is 14.1. The van der Waals surface area contributed by atoms with Crippen LogP contribution in [0.2, 0.25) is 0 Å². The van der Waals surface area contributed by atoms with Crippen molar-refractivity contribution in [2.24, 2.45) is 7.05 Å². The Balaban J connectivity index is 1.53. The van der Waals surface area contributed by atoms with E-state index in [1.807, 2.05) is 31.6 Å². The number of carbonyl (C=O) groups excluding carboxylic acids is 1. The number of hydrogen-bond donors (Lipinski definition) is 2. The average molecular weight is 389 g/mol. The van der Waals surface area contributed by atoms with Crippen LogP contribution in [0.4, 0.5) is 0 Å². The molecule has 2 aromatic carbocycles. The van der Waals surface area contributed by atoms with Crippen molar-refractivity contribution in [3.8, 4) is 11.1 Å². The fourth-order valence-electron chi connectivity index (χ4n) is 3.30. The van der Waals surface area contributed by atoms with E-state index in [0.29, 0.717) is 25.1 Å². The molecule has 4 rings (SSSR count). The molecule has 2 N–H and O–H groups in total. The Morgan fingerprint density at radius 1 is 1.17 bits per heavy atom. The Morgan fingerprint density at radius 2 is 2.00 bits per heavy atom. The third kappa shape index (κ3) is 4.20. The molecule has 0 fully saturated rings. The van der Waals surface area contributed by atoms with Crippen molar-refractivity contribution in [3.05, 3.63) is 71.7 Å². The Labute approximate surface area is 168 Å². The van der Waals surface area contributed by atoms with Crippen LogP contribution in [0.15, 0.2) is 54.9 Å². The Morgan fingerprint density at radius 3 is 2.72 bits per heavy atom. The summed E-state index contributed by atoms with van der Waals surface area (Å²) in [4.78, 5) is 12.3. The number of nitrogens with zero attached hydrogens (tertiary/aromatic N) is 3. The maximum absolute atomic E-state index is 12.3. The van der Waals surface area contributed by atoms with E-state index in [1.165, 1.54) is 0 Å². The number of methoxy groups -OCH3 is 1. The van der Waals surface area contributed by atoms with Crippen LogP contribution in [0.3, 0.4) is 0 Å². The molecule has 0 radical (unpaired) electrons. The summed E-state index contributed by atoms with van der Waals surface area (Å²) in [5.74, 6) is -0.114. The number of rotatable bonds is 7. The number of nitrogens with one attached hydrogen (secondary N) is 2. The number of benzene rings is 2. The van der Waals surface area contributed by atoms with Gasteiger partial charge in [-0.15, -0.1) is 0 Å². The summed E-state index contributed by atoms with van der Waals surface area (Å²) in [6.45, 7) is 0.967. The third-order valence-corrected chi connectivity index (χ3v) is 4.86. The highest BCUT2D eigenvalue weighted by Gasteiger charge is 2.11. The van der Waals surface area contributed by atoms with Gasteiger partial charge in [0.25, 0.3) is 5.91 Å². The zero-order valence-electron chi connectivity index (χ0n) is 16.5. The Kier molecular flexibility index (Phi) is 5.39. The molecule has 148 valence electrons. The van der Waals surface area contributed by atoms with Crippen molar-refractivity contribution in [2.75, 3.05) is 20.3 Å². The molecule has 2 heterocycles. The number of fused-ring (bicyclic) bond motifs is 1. The average Bonchev–Trinajstić information content (AvgIpc) is 3.35. The normalized spacial score (nSPS) is 11.1. The van der Waals surface area contributed by atoms with Crippen molar-refractivity contribution in [2.45, 2.75) is 6.42 Å². The molecule has 7 heteroatoms. The van der Waals surface area contributed by atoms with Crippen LogP contribution in [0.25, 0.3) is 22.0 Å². The lowest BCUT2D eigenvalue weighted by molar-refractivity contribution is 0.0937. The number of carbonyl (C=O) groups is 1. The molecule has 0 aliphatic rings. The lowest BCUT2D eigenvalue weighted by atomic mass is 10.0. The lowest BCUT2D eigenvalue weighted by Crippen LogP contribution is -2.26. The molecule has 1 amide bonds. The summed E-state index contributed by atoms with van der Waals surface area (Å²) in [7, 11) is 3.52. The van der Waals surface area contributed by atoms with E-state index >= 15 is 0 Å². The zero-order chi connectivity index (χ0) is 20.2. The molecule has 0 bridgehead atoms. The van der Waals surface area contributed by atoms with Gasteiger partial charge >= 0.3 is 0 Å². The van der Waals surface area contributed by atoms with Crippen molar-refractivity contribution in [3.63, 3.8) is 0 Å². The van der Waals surface area contributed by atoms with Gasteiger partial charge in [-0.2, -0.15) is 10.2 Å². The number of aromatic amines is 1. The maximum Gasteiger partial charge on any atom is 0.251 e. The van der Waals surface area contributed by atoms with Crippen LogP contribution in [0, 0.1) is 0 Å². The predicted molar refractivity (Wildman–Crippen MR) is 112 cm³/mol. The van der Waals surface area contributed by atoms with Gasteiger partial charge in [-0.25, -0.2) is 0 Å². The lowest BCUT2D eigenvalue weighted by Gasteiger charge is -2.05. The molecule has 29 heavy (non-hydrogen) atoms. The van der Waals surface area contributed by atoms with Gasteiger partial charge in [0.1, 0.15) is 0 Å². The van der Waals surface area contributed by atoms with Crippen LogP contribution >= 0.6 is 0 Å². The summed E-state index contributed by atoms with van der Waals surface area (Å²) in [6.07, 6.45) is 4.56. The molecule has 0 aliphatic heterocycles. The quantitative estimate of drug-likeness (QED) is 0.476. The van der Waals surface area contributed by atoms with Gasteiger partial charge in [0, 0.05) is 55.5 Å². The van der Waals surface area contributed by atoms with Gasteiger partial charge in [0.15, 0.2) is 0 Å².